The standard InChI is InChI=1S/C21H22N4O3S/c1-4-14-9-11-15(12-10-14)23-19(26)18-13(2)22-21(29-18)25-20(27)24-16-7-5-6-8-17(16)28-3/h5-12H,4H2,1-3H3,(H,23,26)(H2,22,24,25,27). The third kappa shape index (κ3) is 5.11. The van der Waals surface area contributed by atoms with E-state index in [-0.39, 0.29) is 5.91 Å². The van der Waals surface area contributed by atoms with Crippen molar-refractivity contribution < 1.29 is 14.3 Å². The van der Waals surface area contributed by atoms with Crippen LogP contribution in [0.25, 0.3) is 0 Å². The van der Waals surface area contributed by atoms with Crippen LogP contribution in [0.4, 0.5) is 21.3 Å². The first kappa shape index (κ1) is 20.3. The molecule has 0 bridgehead atoms. The number of hydrogen-bond acceptors (Lipinski definition) is 5. The van der Waals surface area contributed by atoms with Crippen molar-refractivity contribution in [3.05, 3.63) is 64.7 Å². The van der Waals surface area contributed by atoms with Gasteiger partial charge in [-0.2, -0.15) is 0 Å². The van der Waals surface area contributed by atoms with Crippen LogP contribution >= 0.6 is 11.3 Å². The Bertz CT molecular complexity index is 1020. The molecule has 7 nitrogen and oxygen atoms in total. The number of aromatic nitrogens is 1. The number of anilines is 3. The van der Waals surface area contributed by atoms with Crippen LogP contribution in [-0.2, 0) is 6.42 Å². The van der Waals surface area contributed by atoms with E-state index in [1.54, 1.807) is 25.1 Å². The molecule has 3 N–H and O–H groups in total. The largest absolute Gasteiger partial charge is 0.495 e. The van der Waals surface area contributed by atoms with Crippen LogP contribution in [0.2, 0.25) is 0 Å². The number of benzene rings is 2. The van der Waals surface area contributed by atoms with Crippen LogP contribution in [0.3, 0.4) is 0 Å². The molecule has 0 aliphatic heterocycles. The number of ether oxygens (including phenoxy) is 1. The van der Waals surface area contributed by atoms with Gasteiger partial charge in [0, 0.05) is 5.69 Å². The van der Waals surface area contributed by atoms with E-state index in [1.807, 2.05) is 30.3 Å². The van der Waals surface area contributed by atoms with Gasteiger partial charge in [-0.1, -0.05) is 42.5 Å². The summed E-state index contributed by atoms with van der Waals surface area (Å²) >= 11 is 1.12. The summed E-state index contributed by atoms with van der Waals surface area (Å²) < 4.78 is 5.21. The van der Waals surface area contributed by atoms with Crippen LogP contribution in [-0.4, -0.2) is 24.0 Å². The minimum atomic E-state index is -0.467. The number of methoxy groups -OCH3 is 1. The number of para-hydroxylation sites is 2. The van der Waals surface area contributed by atoms with Crippen molar-refractivity contribution in [2.45, 2.75) is 20.3 Å². The Morgan fingerprint density at radius 2 is 1.76 bits per heavy atom. The molecule has 0 saturated carbocycles. The predicted octanol–water partition coefficient (Wildman–Crippen LogP) is 4.92. The van der Waals surface area contributed by atoms with Crippen LogP contribution in [0.5, 0.6) is 5.75 Å². The van der Waals surface area contributed by atoms with Crippen molar-refractivity contribution in [2.75, 3.05) is 23.1 Å². The highest BCUT2D eigenvalue weighted by Gasteiger charge is 2.17. The van der Waals surface area contributed by atoms with Crippen LogP contribution in [0.15, 0.2) is 48.5 Å². The smallest absolute Gasteiger partial charge is 0.325 e. The molecule has 0 unspecified atom stereocenters. The van der Waals surface area contributed by atoms with Crippen LogP contribution in [0, 0.1) is 6.92 Å². The number of carbonyl (C=O) groups excluding carboxylic acids is 2. The summed E-state index contributed by atoms with van der Waals surface area (Å²) in [5.41, 5.74) is 2.99. The maximum Gasteiger partial charge on any atom is 0.325 e. The first-order valence-corrected chi connectivity index (χ1v) is 9.90. The Kier molecular flexibility index (Phi) is 6.46. The number of urea groups is 1. The molecule has 2 aromatic carbocycles. The summed E-state index contributed by atoms with van der Waals surface area (Å²) in [5, 5.41) is 8.56. The molecule has 3 aromatic rings. The quantitative estimate of drug-likeness (QED) is 0.538. The average Bonchev–Trinajstić information content (AvgIpc) is 3.09. The highest BCUT2D eigenvalue weighted by Crippen LogP contribution is 2.26. The predicted molar refractivity (Wildman–Crippen MR) is 116 cm³/mol. The first-order valence-electron chi connectivity index (χ1n) is 9.09. The SMILES string of the molecule is CCc1ccc(NC(=O)c2sc(NC(=O)Nc3ccccc3OC)nc2C)cc1. The summed E-state index contributed by atoms with van der Waals surface area (Å²) in [7, 11) is 1.53. The van der Waals surface area contributed by atoms with Gasteiger partial charge in [0.2, 0.25) is 0 Å². The van der Waals surface area contributed by atoms with Crippen molar-refractivity contribution >= 4 is 39.8 Å². The van der Waals surface area contributed by atoms with E-state index in [9.17, 15) is 9.59 Å². The van der Waals surface area contributed by atoms with E-state index in [2.05, 4.69) is 27.9 Å². The maximum absolute atomic E-state index is 12.6. The fourth-order valence-corrected chi connectivity index (χ4v) is 3.53. The van der Waals surface area contributed by atoms with E-state index >= 15 is 0 Å². The summed E-state index contributed by atoms with van der Waals surface area (Å²) in [5.74, 6) is 0.287. The number of carbonyl (C=O) groups is 2. The molecule has 0 aliphatic carbocycles. The lowest BCUT2D eigenvalue weighted by Gasteiger charge is -2.09. The first-order chi connectivity index (χ1) is 14.0. The van der Waals surface area contributed by atoms with E-state index in [0.29, 0.717) is 32.8 Å². The lowest BCUT2D eigenvalue weighted by atomic mass is 10.1. The topological polar surface area (TPSA) is 92.4 Å². The molecule has 8 heteroatoms. The molecule has 0 spiro atoms. The summed E-state index contributed by atoms with van der Waals surface area (Å²) in [6.45, 7) is 3.81. The lowest BCUT2D eigenvalue weighted by Crippen LogP contribution is -2.19. The maximum atomic E-state index is 12.6. The van der Waals surface area contributed by atoms with Gasteiger partial charge in [-0.25, -0.2) is 9.78 Å². The average molecular weight is 410 g/mol. The van der Waals surface area contributed by atoms with E-state index < -0.39 is 6.03 Å². The third-order valence-corrected chi connectivity index (χ3v) is 5.27. The molecule has 1 aromatic heterocycles. The minimum Gasteiger partial charge on any atom is -0.495 e. The number of aryl methyl sites for hydroxylation is 2. The van der Waals surface area contributed by atoms with Gasteiger partial charge in [0.05, 0.1) is 18.5 Å². The molecule has 0 saturated heterocycles. The second-order valence-electron chi connectivity index (χ2n) is 6.22. The second-order valence-corrected chi connectivity index (χ2v) is 7.22. The monoisotopic (exact) mass is 410 g/mol. The molecular weight excluding hydrogens is 388 g/mol. The van der Waals surface area contributed by atoms with E-state index in [1.165, 1.54) is 12.7 Å². The van der Waals surface area contributed by atoms with Gasteiger partial charge in [-0.3, -0.25) is 10.1 Å². The fraction of sp³-hybridized carbons (Fsp3) is 0.190. The summed E-state index contributed by atoms with van der Waals surface area (Å²) in [4.78, 5) is 29.6. The molecule has 0 radical (unpaired) electrons. The number of hydrogen-bond donors (Lipinski definition) is 3. The molecule has 3 amide bonds. The highest BCUT2D eigenvalue weighted by molar-refractivity contribution is 7.17. The Balaban J connectivity index is 1.65. The number of thiazole rings is 1. The third-order valence-electron chi connectivity index (χ3n) is 4.20. The van der Waals surface area contributed by atoms with Crippen LogP contribution < -0.4 is 20.7 Å². The Morgan fingerprint density at radius 1 is 1.03 bits per heavy atom. The number of amides is 3. The fourth-order valence-electron chi connectivity index (χ4n) is 2.67. The van der Waals surface area contributed by atoms with E-state index in [0.717, 1.165) is 17.8 Å². The van der Waals surface area contributed by atoms with Crippen molar-refractivity contribution in [2.24, 2.45) is 0 Å². The second kappa shape index (κ2) is 9.20. The zero-order valence-corrected chi connectivity index (χ0v) is 17.2. The Labute approximate surface area is 173 Å². The van der Waals surface area contributed by atoms with Gasteiger partial charge >= 0.3 is 6.03 Å². The zero-order valence-electron chi connectivity index (χ0n) is 16.4. The zero-order chi connectivity index (χ0) is 20.8. The Hall–Kier alpha value is -3.39. The van der Waals surface area contributed by atoms with Crippen molar-refractivity contribution in [1.82, 2.24) is 4.98 Å². The van der Waals surface area contributed by atoms with Crippen molar-refractivity contribution in [1.29, 1.82) is 0 Å². The number of nitrogens with one attached hydrogen (secondary N) is 3. The molecule has 29 heavy (non-hydrogen) atoms. The summed E-state index contributed by atoms with van der Waals surface area (Å²) in [6.07, 6.45) is 0.939. The molecule has 3 rings (SSSR count). The number of nitrogens with zero attached hydrogens (tertiary/aromatic N) is 1. The van der Waals surface area contributed by atoms with Gasteiger partial charge in [-0.05, 0) is 43.2 Å². The molecular formula is C21H22N4O3S. The van der Waals surface area contributed by atoms with Crippen LogP contribution in [0.1, 0.15) is 27.9 Å². The molecule has 0 fully saturated rings. The normalized spacial score (nSPS) is 10.3. The van der Waals surface area contributed by atoms with Gasteiger partial charge in [0.1, 0.15) is 10.6 Å². The van der Waals surface area contributed by atoms with Crippen molar-refractivity contribution in [3.8, 4) is 5.75 Å². The lowest BCUT2D eigenvalue weighted by molar-refractivity contribution is 0.103. The van der Waals surface area contributed by atoms with Gasteiger partial charge in [0.15, 0.2) is 5.13 Å². The molecule has 150 valence electrons. The van der Waals surface area contributed by atoms with Crippen molar-refractivity contribution in [3.63, 3.8) is 0 Å². The molecule has 1 heterocycles. The Morgan fingerprint density at radius 3 is 2.45 bits per heavy atom. The molecule has 0 aliphatic rings. The molecule has 0 atom stereocenters. The highest BCUT2D eigenvalue weighted by atomic mass is 32.1. The van der Waals surface area contributed by atoms with E-state index in [4.69, 9.17) is 4.74 Å². The minimum absolute atomic E-state index is 0.262. The van der Waals surface area contributed by atoms with Gasteiger partial charge in [0.25, 0.3) is 5.91 Å². The summed E-state index contributed by atoms with van der Waals surface area (Å²) in [6, 6.07) is 14.3. The number of rotatable bonds is 6. The van der Waals surface area contributed by atoms with Gasteiger partial charge in [-0.15, -0.1) is 0 Å². The van der Waals surface area contributed by atoms with Gasteiger partial charge < -0.3 is 15.4 Å².